The number of nitrogens with two attached hydrogens (primary N) is 1. The Morgan fingerprint density at radius 3 is 1.00 bits per heavy atom. The van der Waals surface area contributed by atoms with Crippen LogP contribution in [0.15, 0.2) is 0 Å². The molecule has 0 radical (unpaired) electrons. The minimum atomic E-state index is 0. The van der Waals surface area contributed by atoms with Crippen LogP contribution in [0.2, 0.25) is 0 Å². The van der Waals surface area contributed by atoms with E-state index in [0.29, 0.717) is 6.54 Å². The monoisotopic (exact) mass is 286 g/mol. The van der Waals surface area contributed by atoms with E-state index >= 15 is 0 Å². The van der Waals surface area contributed by atoms with Gasteiger partial charge in [0.05, 0.1) is 0 Å². The maximum atomic E-state index is 7.57. The van der Waals surface area contributed by atoms with E-state index in [9.17, 15) is 0 Å². The van der Waals surface area contributed by atoms with Gasteiger partial charge in [0.25, 0.3) is 0 Å². The normalized spacial score (nSPS) is 6.00. The molecule has 90 valence electrons. The van der Waals surface area contributed by atoms with Crippen molar-refractivity contribution in [3.63, 3.8) is 0 Å². The molecule has 5 heteroatoms. The molecule has 0 bridgehead atoms. The second-order valence-electron chi connectivity index (χ2n) is 1.59. The first-order chi connectivity index (χ1) is 6.16. The van der Waals surface area contributed by atoms with Gasteiger partial charge in [0.1, 0.15) is 0 Å². The Bertz CT molecular complexity index is 36.5. The molecule has 0 aromatic heterocycles. The van der Waals surface area contributed by atoms with E-state index in [0.717, 1.165) is 6.42 Å². The number of hydrogen-bond donors (Lipinski definition) is 4. The SMILES string of the molecule is CCO.CCO.CCO.[CH2-]CCN.[Zr]. The first kappa shape index (κ1) is 29.3. The standard InChI is InChI=1S/C3H8N.3C2H6O.Zr/c1-2-3-4;3*1-2-3;/h1-4H2;3*3H,2H2,1H3;/q-1;;;;. The van der Waals surface area contributed by atoms with Crippen LogP contribution in [0.25, 0.3) is 0 Å². The van der Waals surface area contributed by atoms with Crippen LogP contribution >= 0.6 is 0 Å². The molecule has 0 amide bonds. The second kappa shape index (κ2) is 67.8. The van der Waals surface area contributed by atoms with Crippen molar-refractivity contribution < 1.29 is 41.5 Å². The third-order valence-electron chi connectivity index (χ3n) is 0.204. The summed E-state index contributed by atoms with van der Waals surface area (Å²) in [5.41, 5.74) is 4.97. The number of aliphatic hydroxyl groups excluding tert-OH is 3. The first-order valence-corrected chi connectivity index (χ1v) is 4.48. The molecule has 0 heterocycles. The molecule has 0 aromatic carbocycles. The van der Waals surface area contributed by atoms with Gasteiger partial charge in [-0.3, -0.25) is 0 Å². The number of hydrogen-bond acceptors (Lipinski definition) is 4. The van der Waals surface area contributed by atoms with Crippen molar-refractivity contribution in [1.29, 1.82) is 0 Å². The Kier molecular flexibility index (Phi) is 142. The van der Waals surface area contributed by atoms with Crippen molar-refractivity contribution in [2.24, 2.45) is 5.73 Å². The zero-order chi connectivity index (χ0) is 11.5. The molecule has 0 saturated heterocycles. The maximum absolute atomic E-state index is 7.57. The van der Waals surface area contributed by atoms with Crippen molar-refractivity contribution >= 4 is 0 Å². The molecule has 0 unspecified atom stereocenters. The summed E-state index contributed by atoms with van der Waals surface area (Å²) >= 11 is 0. The van der Waals surface area contributed by atoms with Crippen molar-refractivity contribution in [2.75, 3.05) is 26.4 Å². The van der Waals surface area contributed by atoms with E-state index in [-0.39, 0.29) is 46.0 Å². The minimum Gasteiger partial charge on any atom is -0.397 e. The van der Waals surface area contributed by atoms with Crippen LogP contribution in [0.5, 0.6) is 0 Å². The van der Waals surface area contributed by atoms with Gasteiger partial charge in [0.2, 0.25) is 0 Å². The molecule has 0 saturated carbocycles. The Balaban J connectivity index is -0.0000000254. The van der Waals surface area contributed by atoms with Gasteiger partial charge in [0, 0.05) is 46.0 Å². The third-order valence-corrected chi connectivity index (χ3v) is 0.204. The predicted octanol–water partition coefficient (Wildman–Crippen LogP) is 0.163. The molecule has 14 heavy (non-hydrogen) atoms. The van der Waals surface area contributed by atoms with Crippen molar-refractivity contribution in [3.8, 4) is 0 Å². The Morgan fingerprint density at radius 1 is 0.929 bits per heavy atom. The van der Waals surface area contributed by atoms with Gasteiger partial charge < -0.3 is 28.0 Å². The number of rotatable bonds is 1. The summed E-state index contributed by atoms with van der Waals surface area (Å²) in [7, 11) is 0. The molecule has 0 aliphatic rings. The van der Waals surface area contributed by atoms with Crippen LogP contribution in [0, 0.1) is 6.92 Å². The molecule has 0 aliphatic carbocycles. The van der Waals surface area contributed by atoms with Crippen molar-refractivity contribution in [2.45, 2.75) is 27.2 Å². The molecule has 0 rings (SSSR count). The summed E-state index contributed by atoms with van der Waals surface area (Å²) in [4.78, 5) is 0. The number of aliphatic hydroxyl groups is 3. The fraction of sp³-hybridized carbons (Fsp3) is 0.889. The first-order valence-electron chi connectivity index (χ1n) is 4.48. The molecule has 0 atom stereocenters. The van der Waals surface area contributed by atoms with Crippen molar-refractivity contribution in [1.82, 2.24) is 0 Å². The second-order valence-corrected chi connectivity index (χ2v) is 1.59. The zero-order valence-electron chi connectivity index (χ0n) is 9.66. The zero-order valence-corrected chi connectivity index (χ0v) is 12.1. The van der Waals surface area contributed by atoms with Crippen LogP contribution in [0.4, 0.5) is 0 Å². The van der Waals surface area contributed by atoms with Gasteiger partial charge in [-0.25, -0.2) is 0 Å². The third kappa shape index (κ3) is 589. The van der Waals surface area contributed by atoms with Gasteiger partial charge in [-0.2, -0.15) is 6.42 Å². The van der Waals surface area contributed by atoms with E-state index < -0.39 is 0 Å². The van der Waals surface area contributed by atoms with Crippen LogP contribution in [0.3, 0.4) is 0 Å². The molecular formula is C9H26NO3Zr-. The van der Waals surface area contributed by atoms with Gasteiger partial charge in [-0.05, 0) is 27.3 Å². The van der Waals surface area contributed by atoms with Gasteiger partial charge in [-0.1, -0.05) is 0 Å². The van der Waals surface area contributed by atoms with E-state index in [1.165, 1.54) is 0 Å². The predicted molar refractivity (Wildman–Crippen MR) is 57.3 cm³/mol. The fourth-order valence-corrected chi connectivity index (χ4v) is 0. The summed E-state index contributed by atoms with van der Waals surface area (Å²) < 4.78 is 0. The summed E-state index contributed by atoms with van der Waals surface area (Å²) in [6.07, 6.45) is 0.847. The van der Waals surface area contributed by atoms with E-state index in [4.69, 9.17) is 21.1 Å². The van der Waals surface area contributed by atoms with Gasteiger partial charge in [-0.15, -0.1) is 0 Å². The Hall–Kier alpha value is 0.723. The summed E-state index contributed by atoms with van der Waals surface area (Å²) in [5, 5.41) is 22.7. The summed E-state index contributed by atoms with van der Waals surface area (Å²) in [6.45, 7) is 9.98. The average Bonchev–Trinajstić information content (AvgIpc) is 2.08. The van der Waals surface area contributed by atoms with E-state index in [2.05, 4.69) is 6.92 Å². The molecule has 5 N–H and O–H groups in total. The van der Waals surface area contributed by atoms with Crippen molar-refractivity contribution in [3.05, 3.63) is 6.92 Å². The maximum Gasteiger partial charge on any atom is 0.0402 e. The van der Waals surface area contributed by atoms with E-state index in [1.54, 1.807) is 20.8 Å². The molecule has 0 aromatic rings. The molecule has 4 nitrogen and oxygen atoms in total. The fourth-order valence-electron chi connectivity index (χ4n) is 0. The van der Waals surface area contributed by atoms with Gasteiger partial charge >= 0.3 is 0 Å². The summed E-state index contributed by atoms with van der Waals surface area (Å²) in [5.74, 6) is 0. The minimum absolute atomic E-state index is 0. The van der Waals surface area contributed by atoms with Crippen LogP contribution in [-0.2, 0) is 26.2 Å². The average molecular weight is 288 g/mol. The van der Waals surface area contributed by atoms with Gasteiger partial charge in [0.15, 0.2) is 0 Å². The largest absolute Gasteiger partial charge is 0.397 e. The smallest absolute Gasteiger partial charge is 0.0402 e. The Labute approximate surface area is 108 Å². The molecular weight excluding hydrogens is 261 g/mol. The van der Waals surface area contributed by atoms with Crippen LogP contribution in [0.1, 0.15) is 27.2 Å². The topological polar surface area (TPSA) is 86.7 Å². The molecule has 0 aliphatic heterocycles. The molecule has 0 spiro atoms. The Morgan fingerprint density at radius 2 is 1.00 bits per heavy atom. The quantitative estimate of drug-likeness (QED) is 0.518. The van der Waals surface area contributed by atoms with Crippen LogP contribution in [-0.4, -0.2) is 41.7 Å². The molecule has 0 fully saturated rings. The van der Waals surface area contributed by atoms with Crippen LogP contribution < -0.4 is 5.73 Å². The summed E-state index contributed by atoms with van der Waals surface area (Å²) in [6, 6.07) is 0. The van der Waals surface area contributed by atoms with E-state index in [1.807, 2.05) is 0 Å².